The molecule has 1 atom stereocenters. The first kappa shape index (κ1) is 28.9. The lowest BCUT2D eigenvalue weighted by Gasteiger charge is -2.22. The molecule has 2 aromatic carbocycles. The fourth-order valence-electron chi connectivity index (χ4n) is 3.29. The number of carbonyl (C=O) groups is 2. The molecule has 0 saturated heterocycles. The third-order valence-corrected chi connectivity index (χ3v) is 5.25. The molecule has 9 heteroatoms. The van der Waals surface area contributed by atoms with Crippen LogP contribution >= 0.6 is 0 Å². The van der Waals surface area contributed by atoms with Gasteiger partial charge in [-0.15, -0.1) is 0 Å². The van der Waals surface area contributed by atoms with E-state index < -0.39 is 18.2 Å². The number of nitrogens with zero attached hydrogens (tertiary/aromatic N) is 1. The van der Waals surface area contributed by atoms with Crippen molar-refractivity contribution in [3.05, 3.63) is 59.9 Å². The van der Waals surface area contributed by atoms with Crippen molar-refractivity contribution in [2.45, 2.75) is 45.6 Å². The Bertz CT molecular complexity index is 905. The van der Waals surface area contributed by atoms with Crippen LogP contribution in [0.3, 0.4) is 0 Å². The highest BCUT2D eigenvalue weighted by Gasteiger charge is 2.18. The fraction of sp³-hybridized carbons (Fsp3) is 0.481. The molecule has 0 heterocycles. The molecule has 0 aliphatic rings. The Kier molecular flexibility index (Phi) is 13.1. The topological polar surface area (TPSA) is 94.5 Å². The van der Waals surface area contributed by atoms with E-state index in [1.54, 1.807) is 48.2 Å². The molecule has 198 valence electrons. The molecular formula is C27H36FNO7. The minimum atomic E-state index is -0.994. The highest BCUT2D eigenvalue weighted by atomic mass is 19.1. The Labute approximate surface area is 211 Å². The van der Waals surface area contributed by atoms with Gasteiger partial charge < -0.3 is 29.0 Å². The van der Waals surface area contributed by atoms with Crippen molar-refractivity contribution in [2.24, 2.45) is 0 Å². The summed E-state index contributed by atoms with van der Waals surface area (Å²) in [5, 5.41) is 9.23. The average molecular weight is 506 g/mol. The maximum atomic E-state index is 13.0. The molecule has 0 fully saturated rings. The number of carboxylic acid groups (broad SMARTS) is 1. The standard InChI is InChI=1S/C27H36FNO7/c1-3-5-17-36-27(32)29(15-6-18-34-24-13-9-22(28)10-14-24)16-19-35-23-11-7-21(8-12-23)20-25(26(30)31)33-4-2/h7-14,25H,3-6,15-20H2,1-2H3,(H,30,31). The molecule has 0 aliphatic carbocycles. The molecule has 2 rings (SSSR count). The second kappa shape index (κ2) is 16.4. The molecule has 1 N–H and O–H groups in total. The first-order valence-corrected chi connectivity index (χ1v) is 12.3. The zero-order valence-electron chi connectivity index (χ0n) is 21.0. The van der Waals surface area contributed by atoms with Gasteiger partial charge in [0, 0.05) is 19.6 Å². The van der Waals surface area contributed by atoms with Crippen molar-refractivity contribution < 1.29 is 38.0 Å². The van der Waals surface area contributed by atoms with E-state index in [4.69, 9.17) is 18.9 Å². The molecule has 0 spiro atoms. The van der Waals surface area contributed by atoms with Gasteiger partial charge in [0.05, 0.1) is 19.8 Å². The number of unbranched alkanes of at least 4 members (excludes halogenated alkanes) is 1. The zero-order chi connectivity index (χ0) is 26.2. The van der Waals surface area contributed by atoms with E-state index in [1.165, 1.54) is 12.1 Å². The normalized spacial score (nSPS) is 11.5. The van der Waals surface area contributed by atoms with Crippen LogP contribution in [0.1, 0.15) is 38.7 Å². The number of aliphatic carboxylic acids is 1. The fourth-order valence-corrected chi connectivity index (χ4v) is 3.29. The summed E-state index contributed by atoms with van der Waals surface area (Å²) < 4.78 is 35.0. The van der Waals surface area contributed by atoms with Crippen LogP contribution in [0.15, 0.2) is 48.5 Å². The number of carbonyl (C=O) groups excluding carboxylic acids is 1. The Morgan fingerprint density at radius 2 is 1.53 bits per heavy atom. The van der Waals surface area contributed by atoms with E-state index >= 15 is 0 Å². The highest BCUT2D eigenvalue weighted by molar-refractivity contribution is 5.72. The summed E-state index contributed by atoms with van der Waals surface area (Å²) in [7, 11) is 0. The van der Waals surface area contributed by atoms with Crippen LogP contribution in [0, 0.1) is 5.82 Å². The van der Waals surface area contributed by atoms with E-state index in [2.05, 4.69) is 0 Å². The highest BCUT2D eigenvalue weighted by Crippen LogP contribution is 2.15. The van der Waals surface area contributed by atoms with Crippen LogP contribution in [-0.4, -0.2) is 67.7 Å². The van der Waals surface area contributed by atoms with Crippen LogP contribution in [0.25, 0.3) is 0 Å². The summed E-state index contributed by atoms with van der Waals surface area (Å²) >= 11 is 0. The van der Waals surface area contributed by atoms with Gasteiger partial charge in [0.25, 0.3) is 0 Å². The summed E-state index contributed by atoms with van der Waals surface area (Å²) in [6, 6.07) is 12.9. The molecule has 0 radical (unpaired) electrons. The van der Waals surface area contributed by atoms with Gasteiger partial charge in [-0.25, -0.2) is 14.0 Å². The van der Waals surface area contributed by atoms with Crippen molar-refractivity contribution in [1.29, 1.82) is 0 Å². The van der Waals surface area contributed by atoms with E-state index in [0.29, 0.717) is 50.8 Å². The van der Waals surface area contributed by atoms with E-state index in [1.807, 2.05) is 6.92 Å². The third kappa shape index (κ3) is 10.9. The second-order valence-corrected chi connectivity index (χ2v) is 8.09. The molecule has 0 saturated carbocycles. The molecule has 1 unspecified atom stereocenters. The van der Waals surface area contributed by atoms with Crippen LogP contribution in [-0.2, 0) is 20.7 Å². The van der Waals surface area contributed by atoms with Crippen LogP contribution in [0.2, 0.25) is 0 Å². The lowest BCUT2D eigenvalue weighted by Crippen LogP contribution is -2.36. The van der Waals surface area contributed by atoms with Crippen LogP contribution in [0.5, 0.6) is 11.5 Å². The van der Waals surface area contributed by atoms with Gasteiger partial charge in [0.1, 0.15) is 23.9 Å². The summed E-state index contributed by atoms with van der Waals surface area (Å²) in [5.41, 5.74) is 0.825. The molecule has 8 nitrogen and oxygen atoms in total. The van der Waals surface area contributed by atoms with E-state index in [0.717, 1.165) is 18.4 Å². The van der Waals surface area contributed by atoms with Crippen molar-refractivity contribution in [3.8, 4) is 11.5 Å². The third-order valence-electron chi connectivity index (χ3n) is 5.25. The predicted molar refractivity (Wildman–Crippen MR) is 133 cm³/mol. The monoisotopic (exact) mass is 505 g/mol. The number of halogens is 1. The van der Waals surface area contributed by atoms with Gasteiger partial charge in [-0.05, 0) is 61.7 Å². The van der Waals surface area contributed by atoms with E-state index in [9.17, 15) is 19.1 Å². The Balaban J connectivity index is 1.83. The quantitative estimate of drug-likeness (QED) is 0.304. The lowest BCUT2D eigenvalue weighted by molar-refractivity contribution is -0.149. The zero-order valence-corrected chi connectivity index (χ0v) is 21.0. The first-order chi connectivity index (χ1) is 17.4. The number of ether oxygens (including phenoxy) is 4. The summed E-state index contributed by atoms with van der Waals surface area (Å²) in [6.07, 6.45) is 1.26. The summed E-state index contributed by atoms with van der Waals surface area (Å²) in [6.45, 7) is 5.85. The molecule has 36 heavy (non-hydrogen) atoms. The Hall–Kier alpha value is -3.33. The second-order valence-electron chi connectivity index (χ2n) is 8.09. The molecule has 0 aromatic heterocycles. The molecule has 1 amide bonds. The van der Waals surface area contributed by atoms with Crippen molar-refractivity contribution >= 4 is 12.1 Å². The molecule has 0 bridgehead atoms. The van der Waals surface area contributed by atoms with Crippen molar-refractivity contribution in [2.75, 3.05) is 39.5 Å². The van der Waals surface area contributed by atoms with E-state index in [-0.39, 0.29) is 18.8 Å². The minimum Gasteiger partial charge on any atom is -0.494 e. The maximum absolute atomic E-state index is 13.0. The molecular weight excluding hydrogens is 469 g/mol. The molecule has 0 aliphatic heterocycles. The van der Waals surface area contributed by atoms with Crippen LogP contribution < -0.4 is 9.47 Å². The average Bonchev–Trinajstić information content (AvgIpc) is 2.87. The molecule has 2 aromatic rings. The summed E-state index contributed by atoms with van der Waals surface area (Å²) in [5.74, 6) is -0.142. The van der Waals surface area contributed by atoms with Gasteiger partial charge in [-0.2, -0.15) is 0 Å². The number of hydrogen-bond donors (Lipinski definition) is 1. The number of hydrogen-bond acceptors (Lipinski definition) is 6. The van der Waals surface area contributed by atoms with Gasteiger partial charge in [0.15, 0.2) is 6.10 Å². The lowest BCUT2D eigenvalue weighted by atomic mass is 10.1. The van der Waals surface area contributed by atoms with Gasteiger partial charge >= 0.3 is 12.1 Å². The smallest absolute Gasteiger partial charge is 0.409 e. The van der Waals surface area contributed by atoms with Crippen molar-refractivity contribution in [1.82, 2.24) is 4.90 Å². The van der Waals surface area contributed by atoms with Gasteiger partial charge in [-0.1, -0.05) is 25.5 Å². The maximum Gasteiger partial charge on any atom is 0.409 e. The van der Waals surface area contributed by atoms with Gasteiger partial charge in [-0.3, -0.25) is 0 Å². The largest absolute Gasteiger partial charge is 0.494 e. The summed E-state index contributed by atoms with van der Waals surface area (Å²) in [4.78, 5) is 25.4. The number of benzene rings is 2. The Morgan fingerprint density at radius 1 is 0.889 bits per heavy atom. The Morgan fingerprint density at radius 3 is 2.14 bits per heavy atom. The van der Waals surface area contributed by atoms with Crippen LogP contribution in [0.4, 0.5) is 9.18 Å². The number of rotatable bonds is 17. The number of amides is 1. The first-order valence-electron chi connectivity index (χ1n) is 12.3. The predicted octanol–water partition coefficient (Wildman–Crippen LogP) is 4.94. The number of carboxylic acids is 1. The minimum absolute atomic E-state index is 0.262. The SMILES string of the molecule is CCCCOC(=O)N(CCCOc1ccc(F)cc1)CCOc1ccc(CC(OCC)C(=O)O)cc1. The van der Waals surface area contributed by atoms with Gasteiger partial charge in [0.2, 0.25) is 0 Å². The van der Waals surface area contributed by atoms with Crippen molar-refractivity contribution in [3.63, 3.8) is 0 Å².